The first-order chi connectivity index (χ1) is 19.4. The zero-order valence-corrected chi connectivity index (χ0v) is 23.1. The highest BCUT2D eigenvalue weighted by Crippen LogP contribution is 2.13. The van der Waals surface area contributed by atoms with E-state index in [0.29, 0.717) is 12.0 Å². The van der Waals surface area contributed by atoms with Gasteiger partial charge in [0, 0.05) is 19.3 Å². The molecule has 0 aliphatic carbocycles. The molecule has 12 nitrogen and oxygen atoms in total. The van der Waals surface area contributed by atoms with Crippen molar-refractivity contribution in [3.8, 4) is 5.75 Å². The summed E-state index contributed by atoms with van der Waals surface area (Å²) < 4.78 is 0. The lowest BCUT2D eigenvalue weighted by Gasteiger charge is -2.26. The van der Waals surface area contributed by atoms with Gasteiger partial charge in [0.2, 0.25) is 17.7 Å². The number of nitrogens with two attached hydrogens (primary N) is 1. The zero-order chi connectivity index (χ0) is 30.5. The van der Waals surface area contributed by atoms with Gasteiger partial charge in [-0.2, -0.15) is 0 Å². The highest BCUT2D eigenvalue weighted by Gasteiger charge is 2.31. The van der Waals surface area contributed by atoms with E-state index in [-0.39, 0.29) is 30.9 Å². The molecule has 222 valence electrons. The number of rotatable bonds is 16. The molecule has 2 aromatic carbocycles. The first-order valence-electron chi connectivity index (χ1n) is 13.3. The van der Waals surface area contributed by atoms with Gasteiger partial charge in [0.05, 0.1) is 6.04 Å². The van der Waals surface area contributed by atoms with Gasteiger partial charge in [-0.3, -0.25) is 19.2 Å². The molecule has 0 saturated carbocycles. The topological polar surface area (TPSA) is 208 Å². The molecule has 8 N–H and O–H groups in total. The van der Waals surface area contributed by atoms with E-state index in [1.165, 1.54) is 24.3 Å². The number of benzene rings is 2. The van der Waals surface area contributed by atoms with Crippen LogP contribution in [-0.2, 0) is 36.8 Å². The van der Waals surface area contributed by atoms with E-state index in [0.717, 1.165) is 5.56 Å². The molecule has 2 aromatic rings. The van der Waals surface area contributed by atoms with E-state index >= 15 is 0 Å². The molecule has 5 unspecified atom stereocenters. The standard InChI is InChI=1S/C29H38N4O8/c1-3-17(2)25(30)28(39)32-22(15-18-7-5-4-6-8-18)27(38)31-21(13-14-24(35)36)26(37)33-23(29(40)41)16-19-9-11-20(34)12-10-19/h4-12,17,21-23,25,34H,3,13-16,30H2,1-2H3,(H,31,38)(H,32,39)(H,33,37)(H,35,36)(H,40,41). The van der Waals surface area contributed by atoms with E-state index in [1.807, 2.05) is 6.92 Å². The van der Waals surface area contributed by atoms with Crippen LogP contribution in [0.4, 0.5) is 0 Å². The zero-order valence-electron chi connectivity index (χ0n) is 23.1. The van der Waals surface area contributed by atoms with Crippen LogP contribution in [0, 0.1) is 5.92 Å². The number of hydrogen-bond acceptors (Lipinski definition) is 7. The SMILES string of the molecule is CCC(C)C(N)C(=O)NC(Cc1ccccc1)C(=O)NC(CCC(=O)O)C(=O)NC(Cc1ccc(O)cc1)C(=O)O. The molecule has 12 heteroatoms. The maximum Gasteiger partial charge on any atom is 0.326 e. The monoisotopic (exact) mass is 570 g/mol. The molecule has 0 aromatic heterocycles. The van der Waals surface area contributed by atoms with E-state index in [9.17, 15) is 39.3 Å². The van der Waals surface area contributed by atoms with Crippen molar-refractivity contribution in [2.75, 3.05) is 0 Å². The van der Waals surface area contributed by atoms with Crippen molar-refractivity contribution >= 4 is 29.7 Å². The molecule has 0 saturated heterocycles. The van der Waals surface area contributed by atoms with Crippen molar-refractivity contribution in [3.05, 3.63) is 65.7 Å². The lowest BCUT2D eigenvalue weighted by atomic mass is 9.98. The third-order valence-corrected chi connectivity index (χ3v) is 6.75. The number of aromatic hydroxyl groups is 1. The minimum absolute atomic E-state index is 0.0108. The maximum absolute atomic E-state index is 13.4. The summed E-state index contributed by atoms with van der Waals surface area (Å²) in [6.45, 7) is 3.68. The molecule has 2 rings (SSSR count). The summed E-state index contributed by atoms with van der Waals surface area (Å²) in [5.41, 5.74) is 7.29. The molecule has 0 spiro atoms. The second kappa shape index (κ2) is 16.0. The highest BCUT2D eigenvalue weighted by atomic mass is 16.4. The van der Waals surface area contributed by atoms with Crippen LogP contribution in [0.2, 0.25) is 0 Å². The van der Waals surface area contributed by atoms with Crippen molar-refractivity contribution < 1.29 is 39.3 Å². The minimum Gasteiger partial charge on any atom is -0.508 e. The average molecular weight is 571 g/mol. The molecular weight excluding hydrogens is 532 g/mol. The van der Waals surface area contributed by atoms with Gasteiger partial charge < -0.3 is 37.0 Å². The van der Waals surface area contributed by atoms with Gasteiger partial charge >= 0.3 is 11.9 Å². The normalized spacial score (nSPS) is 14.5. The number of carboxylic acid groups (broad SMARTS) is 2. The Labute approximate surface area is 238 Å². The number of aliphatic carboxylic acids is 2. The van der Waals surface area contributed by atoms with Crippen molar-refractivity contribution in [3.63, 3.8) is 0 Å². The van der Waals surface area contributed by atoms with Crippen LogP contribution < -0.4 is 21.7 Å². The Kier molecular flexibility index (Phi) is 12.8. The molecule has 41 heavy (non-hydrogen) atoms. The molecule has 0 heterocycles. The summed E-state index contributed by atoms with van der Waals surface area (Å²) in [6, 6.07) is 9.77. The molecule has 0 aliphatic heterocycles. The summed E-state index contributed by atoms with van der Waals surface area (Å²) in [5, 5.41) is 35.8. The Bertz CT molecular complexity index is 1190. The lowest BCUT2D eigenvalue weighted by Crippen LogP contribution is -2.58. The largest absolute Gasteiger partial charge is 0.508 e. The molecular formula is C29H38N4O8. The van der Waals surface area contributed by atoms with Crippen LogP contribution in [0.5, 0.6) is 5.75 Å². The van der Waals surface area contributed by atoms with Gasteiger partial charge in [-0.05, 0) is 35.6 Å². The van der Waals surface area contributed by atoms with Crippen LogP contribution in [0.15, 0.2) is 54.6 Å². The maximum atomic E-state index is 13.4. The lowest BCUT2D eigenvalue weighted by molar-refractivity contribution is -0.143. The Morgan fingerprint density at radius 2 is 1.27 bits per heavy atom. The molecule has 0 bridgehead atoms. The fraction of sp³-hybridized carbons (Fsp3) is 0.414. The van der Waals surface area contributed by atoms with Crippen molar-refractivity contribution in [2.24, 2.45) is 11.7 Å². The van der Waals surface area contributed by atoms with Gasteiger partial charge in [-0.25, -0.2) is 4.79 Å². The van der Waals surface area contributed by atoms with Crippen molar-refractivity contribution in [1.82, 2.24) is 16.0 Å². The Morgan fingerprint density at radius 3 is 1.83 bits per heavy atom. The van der Waals surface area contributed by atoms with Crippen LogP contribution in [0.1, 0.15) is 44.2 Å². The van der Waals surface area contributed by atoms with Crippen LogP contribution in [0.25, 0.3) is 0 Å². The number of carboxylic acids is 2. The predicted octanol–water partition coefficient (Wildman–Crippen LogP) is 0.955. The highest BCUT2D eigenvalue weighted by molar-refractivity contribution is 5.94. The summed E-state index contributed by atoms with van der Waals surface area (Å²) in [4.78, 5) is 62.6. The number of hydrogen-bond donors (Lipinski definition) is 7. The van der Waals surface area contributed by atoms with Crippen LogP contribution in [-0.4, -0.2) is 69.1 Å². The first kappa shape index (κ1) is 32.8. The van der Waals surface area contributed by atoms with Gasteiger partial charge in [0.25, 0.3) is 0 Å². The molecule has 0 fully saturated rings. The van der Waals surface area contributed by atoms with Gasteiger partial charge in [-0.15, -0.1) is 0 Å². The second-order valence-electron chi connectivity index (χ2n) is 9.93. The molecule has 0 aliphatic rings. The fourth-order valence-corrected chi connectivity index (χ4v) is 3.99. The molecule has 0 radical (unpaired) electrons. The number of phenolic OH excluding ortho intramolecular Hbond substituents is 1. The van der Waals surface area contributed by atoms with Crippen LogP contribution in [0.3, 0.4) is 0 Å². The summed E-state index contributed by atoms with van der Waals surface area (Å²) >= 11 is 0. The van der Waals surface area contributed by atoms with Gasteiger partial charge in [-0.1, -0.05) is 62.7 Å². The average Bonchev–Trinajstić information content (AvgIpc) is 2.94. The van der Waals surface area contributed by atoms with Crippen LogP contribution >= 0.6 is 0 Å². The minimum atomic E-state index is -1.40. The quantitative estimate of drug-likeness (QED) is 0.153. The number of carbonyl (C=O) groups excluding carboxylic acids is 3. The first-order valence-corrected chi connectivity index (χ1v) is 13.3. The van der Waals surface area contributed by atoms with Gasteiger partial charge in [0.1, 0.15) is 23.9 Å². The number of carbonyl (C=O) groups is 5. The Hall–Kier alpha value is -4.45. The Balaban J connectivity index is 2.25. The summed E-state index contributed by atoms with van der Waals surface area (Å²) in [6.07, 6.45) is -0.228. The predicted molar refractivity (Wildman–Crippen MR) is 150 cm³/mol. The third-order valence-electron chi connectivity index (χ3n) is 6.75. The third kappa shape index (κ3) is 10.9. The second-order valence-corrected chi connectivity index (χ2v) is 9.93. The summed E-state index contributed by atoms with van der Waals surface area (Å²) in [7, 11) is 0. The number of nitrogens with one attached hydrogen (secondary N) is 3. The smallest absolute Gasteiger partial charge is 0.326 e. The van der Waals surface area contributed by atoms with E-state index in [1.54, 1.807) is 37.3 Å². The Morgan fingerprint density at radius 1 is 0.756 bits per heavy atom. The molecule has 3 amide bonds. The van der Waals surface area contributed by atoms with E-state index in [2.05, 4.69) is 16.0 Å². The van der Waals surface area contributed by atoms with Crippen molar-refractivity contribution in [2.45, 2.75) is 70.1 Å². The van der Waals surface area contributed by atoms with Crippen molar-refractivity contribution in [1.29, 1.82) is 0 Å². The van der Waals surface area contributed by atoms with E-state index < -0.39 is 60.2 Å². The number of amides is 3. The molecule has 5 atom stereocenters. The summed E-state index contributed by atoms with van der Waals surface area (Å²) in [5.74, 6) is -4.94. The number of phenols is 1. The van der Waals surface area contributed by atoms with Gasteiger partial charge in [0.15, 0.2) is 0 Å². The fourth-order valence-electron chi connectivity index (χ4n) is 3.99. The van der Waals surface area contributed by atoms with E-state index in [4.69, 9.17) is 5.73 Å².